The summed E-state index contributed by atoms with van der Waals surface area (Å²) in [6.45, 7) is 8.72. The third-order valence-corrected chi connectivity index (χ3v) is 5.01. The molecule has 0 fully saturated rings. The first-order valence-electron chi connectivity index (χ1n) is 9.82. The van der Waals surface area contributed by atoms with Crippen LogP contribution < -0.4 is 4.57 Å². The van der Waals surface area contributed by atoms with E-state index in [4.69, 9.17) is 5.11 Å². The minimum absolute atomic E-state index is 0.754. The Kier molecular flexibility index (Phi) is 5.02. The first-order valence-corrected chi connectivity index (χ1v) is 9.82. The molecule has 6 heteroatoms. The van der Waals surface area contributed by atoms with Crippen LogP contribution in [0.4, 0.5) is 11.6 Å². The lowest BCUT2D eigenvalue weighted by Gasteiger charge is -2.08. The molecule has 2 heterocycles. The molecule has 0 aliphatic carbocycles. The Morgan fingerprint density at radius 2 is 1.64 bits per heavy atom. The number of rotatable bonds is 6. The van der Waals surface area contributed by atoms with Crippen molar-refractivity contribution in [3.8, 4) is 11.3 Å². The van der Waals surface area contributed by atoms with Crippen molar-refractivity contribution in [1.82, 2.24) is 14.3 Å². The van der Waals surface area contributed by atoms with Gasteiger partial charge in [-0.05, 0) is 31.9 Å². The van der Waals surface area contributed by atoms with Gasteiger partial charge in [0.2, 0.25) is 6.33 Å². The van der Waals surface area contributed by atoms with Crippen molar-refractivity contribution in [1.29, 1.82) is 0 Å². The predicted octanol–water partition coefficient (Wildman–Crippen LogP) is 5.27. The van der Waals surface area contributed by atoms with Crippen molar-refractivity contribution >= 4 is 22.5 Å². The number of benzene rings is 2. The summed E-state index contributed by atoms with van der Waals surface area (Å²) in [6, 6.07) is 18.8. The molecular formula is C22H25N6+. The zero-order chi connectivity index (χ0) is 19.5. The Hall–Kier alpha value is -3.28. The molecule has 0 saturated heterocycles. The van der Waals surface area contributed by atoms with E-state index < -0.39 is 0 Å². The molecule has 0 saturated carbocycles. The molecule has 0 radical (unpaired) electrons. The minimum atomic E-state index is 0.754. The van der Waals surface area contributed by atoms with Crippen LogP contribution in [-0.4, -0.2) is 14.3 Å². The molecule has 2 aromatic heterocycles. The molecule has 0 aliphatic heterocycles. The van der Waals surface area contributed by atoms with Crippen molar-refractivity contribution in [3.63, 3.8) is 0 Å². The van der Waals surface area contributed by atoms with Crippen LogP contribution in [0.1, 0.15) is 20.8 Å². The number of hydrogen-bond donors (Lipinski definition) is 0. The summed E-state index contributed by atoms with van der Waals surface area (Å²) in [7, 11) is 0. The lowest BCUT2D eigenvalue weighted by atomic mass is 10.1. The molecular weight excluding hydrogens is 348 g/mol. The van der Waals surface area contributed by atoms with Crippen LogP contribution in [0, 0.1) is 0 Å². The van der Waals surface area contributed by atoms with Gasteiger partial charge in [-0.15, -0.1) is 4.68 Å². The predicted molar refractivity (Wildman–Crippen MR) is 111 cm³/mol. The van der Waals surface area contributed by atoms with Gasteiger partial charge < -0.3 is 4.57 Å². The molecule has 6 nitrogen and oxygen atoms in total. The Morgan fingerprint density at radius 3 is 2.36 bits per heavy atom. The van der Waals surface area contributed by atoms with Crippen molar-refractivity contribution in [2.45, 2.75) is 40.4 Å². The number of para-hydroxylation sites is 1. The van der Waals surface area contributed by atoms with Gasteiger partial charge >= 0.3 is 5.95 Å². The Bertz CT molecular complexity index is 1100. The Balaban J connectivity index is 1.95. The zero-order valence-electron chi connectivity index (χ0n) is 16.6. The highest BCUT2D eigenvalue weighted by molar-refractivity contribution is 6.00. The topological polar surface area (TPSA) is 51.4 Å². The van der Waals surface area contributed by atoms with Gasteiger partial charge in [-0.2, -0.15) is 0 Å². The van der Waals surface area contributed by atoms with Crippen molar-refractivity contribution in [2.75, 3.05) is 0 Å². The maximum absolute atomic E-state index is 4.76. The van der Waals surface area contributed by atoms with Gasteiger partial charge in [-0.3, -0.25) is 0 Å². The van der Waals surface area contributed by atoms with Gasteiger partial charge in [-0.1, -0.05) is 53.6 Å². The summed E-state index contributed by atoms with van der Waals surface area (Å²) >= 11 is 0. The summed E-state index contributed by atoms with van der Waals surface area (Å²) in [5, 5.41) is 14.9. The fraction of sp³-hybridized carbons (Fsp3) is 0.273. The van der Waals surface area contributed by atoms with Crippen LogP contribution in [0.3, 0.4) is 0 Å². The minimum Gasteiger partial charge on any atom is -0.339 e. The molecule has 4 aromatic rings. The standard InChI is InChI=1S/C22H25N6/c1-4-26-16-23-28(6-3)22(26)25-24-20-18-14-10-11-15-19(18)27(5-2)21(20)17-12-8-7-9-13-17/h7-16H,4-6H2,1-3H3/q+1. The fourth-order valence-corrected chi connectivity index (χ4v) is 3.63. The average molecular weight is 373 g/mol. The molecule has 4 rings (SSSR count). The number of azo groups is 1. The molecule has 142 valence electrons. The molecule has 0 amide bonds. The third kappa shape index (κ3) is 3.01. The summed E-state index contributed by atoms with van der Waals surface area (Å²) in [6.07, 6.45) is 1.81. The second kappa shape index (κ2) is 7.76. The highest BCUT2D eigenvalue weighted by Crippen LogP contribution is 2.40. The van der Waals surface area contributed by atoms with Crippen LogP contribution in [0.2, 0.25) is 0 Å². The fourth-order valence-electron chi connectivity index (χ4n) is 3.63. The normalized spacial score (nSPS) is 11.7. The largest absolute Gasteiger partial charge is 0.403 e. The van der Waals surface area contributed by atoms with E-state index in [1.165, 1.54) is 5.52 Å². The van der Waals surface area contributed by atoms with Crippen LogP contribution in [0.25, 0.3) is 22.2 Å². The van der Waals surface area contributed by atoms with E-state index in [1.54, 1.807) is 0 Å². The lowest BCUT2D eigenvalue weighted by molar-refractivity contribution is -0.681. The number of aryl methyl sites for hydroxylation is 3. The Labute approximate surface area is 164 Å². The van der Waals surface area contributed by atoms with Crippen LogP contribution in [0.5, 0.6) is 0 Å². The van der Waals surface area contributed by atoms with E-state index in [1.807, 2.05) is 21.6 Å². The van der Waals surface area contributed by atoms with E-state index in [0.717, 1.165) is 47.9 Å². The van der Waals surface area contributed by atoms with Crippen molar-refractivity contribution < 1.29 is 4.57 Å². The van der Waals surface area contributed by atoms with E-state index in [-0.39, 0.29) is 0 Å². The highest BCUT2D eigenvalue weighted by Gasteiger charge is 2.20. The second-order valence-corrected chi connectivity index (χ2v) is 6.56. The molecule has 0 bridgehead atoms. The summed E-state index contributed by atoms with van der Waals surface area (Å²) in [5.74, 6) is 0.761. The van der Waals surface area contributed by atoms with Crippen molar-refractivity contribution in [3.05, 3.63) is 60.9 Å². The quantitative estimate of drug-likeness (QED) is 0.336. The van der Waals surface area contributed by atoms with Crippen LogP contribution in [-0.2, 0) is 19.6 Å². The number of hydrogen-bond acceptors (Lipinski definition) is 3. The molecule has 0 spiro atoms. The number of aromatic nitrogens is 4. The molecule has 0 aliphatic rings. The maximum atomic E-state index is 4.76. The second-order valence-electron chi connectivity index (χ2n) is 6.56. The van der Waals surface area contributed by atoms with Crippen LogP contribution in [0.15, 0.2) is 71.2 Å². The first kappa shape index (κ1) is 18.1. The first-order chi connectivity index (χ1) is 13.8. The molecule has 0 N–H and O–H groups in total. The third-order valence-electron chi connectivity index (χ3n) is 5.01. The average Bonchev–Trinajstić information content (AvgIpc) is 3.30. The van der Waals surface area contributed by atoms with Gasteiger partial charge in [0.25, 0.3) is 0 Å². The lowest BCUT2D eigenvalue weighted by Crippen LogP contribution is -2.30. The number of fused-ring (bicyclic) bond motifs is 1. The molecule has 2 aromatic carbocycles. The summed E-state index contributed by atoms with van der Waals surface area (Å²) in [4.78, 5) is 0. The van der Waals surface area contributed by atoms with Crippen LogP contribution >= 0.6 is 0 Å². The smallest absolute Gasteiger partial charge is 0.339 e. The van der Waals surface area contributed by atoms with E-state index in [9.17, 15) is 0 Å². The molecule has 28 heavy (non-hydrogen) atoms. The molecule has 0 unspecified atom stereocenters. The van der Waals surface area contributed by atoms with Crippen molar-refractivity contribution in [2.24, 2.45) is 10.2 Å². The summed E-state index contributed by atoms with van der Waals surface area (Å²) in [5.41, 5.74) is 4.31. The van der Waals surface area contributed by atoms with Gasteiger partial charge in [-0.25, -0.2) is 4.57 Å². The van der Waals surface area contributed by atoms with E-state index >= 15 is 0 Å². The van der Waals surface area contributed by atoms with Gasteiger partial charge in [0, 0.05) is 22.6 Å². The zero-order valence-corrected chi connectivity index (χ0v) is 16.6. The van der Waals surface area contributed by atoms with Gasteiger partial charge in [0.1, 0.15) is 5.69 Å². The maximum Gasteiger partial charge on any atom is 0.403 e. The highest BCUT2D eigenvalue weighted by atomic mass is 15.4. The monoisotopic (exact) mass is 373 g/mol. The van der Waals surface area contributed by atoms with E-state index in [2.05, 4.69) is 84.1 Å². The van der Waals surface area contributed by atoms with Gasteiger partial charge in [0.15, 0.2) is 0 Å². The summed E-state index contributed by atoms with van der Waals surface area (Å²) < 4.78 is 6.19. The molecule has 0 atom stereocenters. The van der Waals surface area contributed by atoms with E-state index in [0.29, 0.717) is 0 Å². The Morgan fingerprint density at radius 1 is 0.893 bits per heavy atom. The SMILES string of the molecule is CCn1nc[n+](CC)c1N=Nc1c(-c2ccccc2)n(CC)c2ccccc12. The number of nitrogens with zero attached hydrogens (tertiary/aromatic N) is 6. The van der Waals surface area contributed by atoms with Gasteiger partial charge in [0.05, 0.1) is 24.3 Å².